The van der Waals surface area contributed by atoms with Gasteiger partial charge in [-0.25, -0.2) is 9.07 Å². The lowest BCUT2D eigenvalue weighted by Gasteiger charge is -2.01. The molecule has 20 heavy (non-hydrogen) atoms. The molecule has 1 amide bonds. The maximum Gasteiger partial charge on any atom is 0.254 e. The highest BCUT2D eigenvalue weighted by Crippen LogP contribution is 2.09. The number of nitrogens with zero attached hydrogens (tertiary/aromatic N) is 2. The van der Waals surface area contributed by atoms with Gasteiger partial charge in [-0.05, 0) is 24.3 Å². The first kappa shape index (κ1) is 14.4. The van der Waals surface area contributed by atoms with E-state index in [0.717, 1.165) is 0 Å². The van der Waals surface area contributed by atoms with Gasteiger partial charge in [0.05, 0.1) is 17.4 Å². The Morgan fingerprint density at radius 1 is 1.40 bits per heavy atom. The lowest BCUT2D eigenvalue weighted by atomic mass is 10.3. The summed E-state index contributed by atoms with van der Waals surface area (Å²) in [4.78, 5) is 11.8. The predicted octanol–water partition coefficient (Wildman–Crippen LogP) is 1.12. The molecule has 0 spiro atoms. The highest BCUT2D eigenvalue weighted by Gasteiger charge is 2.09. The first-order chi connectivity index (χ1) is 9.56. The van der Waals surface area contributed by atoms with Gasteiger partial charge in [-0.3, -0.25) is 9.00 Å². The van der Waals surface area contributed by atoms with Crippen LogP contribution >= 0.6 is 0 Å². The van der Waals surface area contributed by atoms with Crippen molar-refractivity contribution in [3.8, 4) is 5.69 Å². The van der Waals surface area contributed by atoms with Gasteiger partial charge in [0.25, 0.3) is 5.91 Å². The lowest BCUT2D eigenvalue weighted by molar-refractivity contribution is 0.0956. The number of aromatic nitrogens is 2. The van der Waals surface area contributed by atoms with Crippen LogP contribution in [0.15, 0.2) is 36.7 Å². The van der Waals surface area contributed by atoms with Crippen LogP contribution in [0.2, 0.25) is 0 Å². The SMILES string of the molecule is C[S@@](=O)CCNC(=O)c1cnn(-c2ccc(F)cc2)c1. The summed E-state index contributed by atoms with van der Waals surface area (Å²) in [5.74, 6) is -0.187. The predicted molar refractivity (Wildman–Crippen MR) is 74.8 cm³/mol. The molecule has 2 aromatic rings. The largest absolute Gasteiger partial charge is 0.351 e. The number of hydrogen-bond donors (Lipinski definition) is 1. The van der Waals surface area contributed by atoms with Crippen molar-refractivity contribution in [1.29, 1.82) is 0 Å². The second kappa shape index (κ2) is 6.42. The van der Waals surface area contributed by atoms with Crippen molar-refractivity contribution in [2.75, 3.05) is 18.6 Å². The molecule has 0 unspecified atom stereocenters. The van der Waals surface area contributed by atoms with E-state index in [2.05, 4.69) is 10.4 Å². The number of amides is 1. The fourth-order valence-corrected chi connectivity index (χ4v) is 1.97. The Labute approximate surface area is 118 Å². The van der Waals surface area contributed by atoms with E-state index in [1.807, 2.05) is 0 Å². The van der Waals surface area contributed by atoms with Crippen LogP contribution in [-0.4, -0.2) is 38.4 Å². The van der Waals surface area contributed by atoms with Crippen LogP contribution in [0, 0.1) is 5.82 Å². The van der Waals surface area contributed by atoms with Gasteiger partial charge >= 0.3 is 0 Å². The molecule has 1 N–H and O–H groups in total. The summed E-state index contributed by atoms with van der Waals surface area (Å²) >= 11 is 0. The van der Waals surface area contributed by atoms with Crippen LogP contribution < -0.4 is 5.32 Å². The third kappa shape index (κ3) is 3.74. The summed E-state index contributed by atoms with van der Waals surface area (Å²) in [6.07, 6.45) is 4.58. The zero-order valence-corrected chi connectivity index (χ0v) is 11.7. The first-order valence-corrected chi connectivity index (χ1v) is 7.68. The summed E-state index contributed by atoms with van der Waals surface area (Å²) < 4.78 is 25.2. The van der Waals surface area contributed by atoms with E-state index in [4.69, 9.17) is 0 Å². The zero-order valence-electron chi connectivity index (χ0n) is 10.9. The van der Waals surface area contributed by atoms with E-state index in [1.165, 1.54) is 23.0 Å². The summed E-state index contributed by atoms with van der Waals surface area (Å²) in [6, 6.07) is 5.80. The summed E-state index contributed by atoms with van der Waals surface area (Å²) in [7, 11) is -0.936. The number of carbonyl (C=O) groups excluding carboxylic acids is 1. The van der Waals surface area contributed by atoms with Crippen molar-refractivity contribution in [3.63, 3.8) is 0 Å². The van der Waals surface area contributed by atoms with Crippen LogP contribution in [0.3, 0.4) is 0 Å². The first-order valence-electron chi connectivity index (χ1n) is 5.95. The van der Waals surface area contributed by atoms with Crippen LogP contribution in [0.5, 0.6) is 0 Å². The van der Waals surface area contributed by atoms with Gasteiger partial charge in [-0.15, -0.1) is 0 Å². The third-order valence-electron chi connectivity index (χ3n) is 2.61. The number of rotatable bonds is 5. The van der Waals surface area contributed by atoms with Gasteiger partial charge in [0.15, 0.2) is 0 Å². The fourth-order valence-electron chi connectivity index (χ4n) is 1.59. The van der Waals surface area contributed by atoms with E-state index in [9.17, 15) is 13.4 Å². The van der Waals surface area contributed by atoms with Crippen molar-refractivity contribution in [1.82, 2.24) is 15.1 Å². The Morgan fingerprint density at radius 3 is 2.75 bits per heavy atom. The topological polar surface area (TPSA) is 64.0 Å². The molecule has 0 saturated carbocycles. The van der Waals surface area contributed by atoms with Gasteiger partial charge < -0.3 is 5.32 Å². The molecule has 0 saturated heterocycles. The molecule has 0 radical (unpaired) electrons. The minimum atomic E-state index is -0.936. The van der Waals surface area contributed by atoms with Gasteiger partial charge in [-0.1, -0.05) is 0 Å². The molecule has 1 aromatic heterocycles. The normalized spacial score (nSPS) is 12.1. The summed E-state index contributed by atoms with van der Waals surface area (Å²) in [5, 5.41) is 6.71. The molecule has 106 valence electrons. The van der Waals surface area contributed by atoms with Crippen molar-refractivity contribution in [2.45, 2.75) is 0 Å². The number of hydrogen-bond acceptors (Lipinski definition) is 3. The van der Waals surface area contributed by atoms with Crippen LogP contribution in [-0.2, 0) is 10.8 Å². The van der Waals surface area contributed by atoms with Gasteiger partial charge in [-0.2, -0.15) is 5.10 Å². The molecule has 0 bridgehead atoms. The molecule has 2 rings (SSSR count). The second-order valence-corrected chi connectivity index (χ2v) is 5.74. The molecule has 0 aliphatic rings. The average Bonchev–Trinajstić information content (AvgIpc) is 2.88. The standard InChI is InChI=1S/C13H14FN3O2S/c1-20(19)7-6-15-13(18)10-8-16-17(9-10)12-4-2-11(14)3-5-12/h2-5,8-9H,6-7H2,1H3,(H,15,18)/t20-/m1/s1. The molecule has 5 nitrogen and oxygen atoms in total. The van der Waals surface area contributed by atoms with Crippen molar-refractivity contribution < 1.29 is 13.4 Å². The molecule has 0 aliphatic carbocycles. The number of nitrogens with one attached hydrogen (secondary N) is 1. The minimum Gasteiger partial charge on any atom is -0.351 e. The van der Waals surface area contributed by atoms with Crippen molar-refractivity contribution >= 4 is 16.7 Å². The van der Waals surface area contributed by atoms with E-state index in [-0.39, 0.29) is 11.7 Å². The monoisotopic (exact) mass is 295 g/mol. The number of benzene rings is 1. The third-order valence-corrected chi connectivity index (χ3v) is 3.39. The maximum atomic E-state index is 12.8. The molecule has 0 fully saturated rings. The Kier molecular flexibility index (Phi) is 4.62. The van der Waals surface area contributed by atoms with Gasteiger partial charge in [0, 0.05) is 35.5 Å². The van der Waals surface area contributed by atoms with E-state index < -0.39 is 10.8 Å². The minimum absolute atomic E-state index is 0.274. The highest BCUT2D eigenvalue weighted by molar-refractivity contribution is 7.84. The summed E-state index contributed by atoms with van der Waals surface area (Å²) in [5.41, 5.74) is 1.07. The second-order valence-electron chi connectivity index (χ2n) is 4.18. The Hall–Kier alpha value is -2.02. The van der Waals surface area contributed by atoms with E-state index in [1.54, 1.807) is 24.6 Å². The quantitative estimate of drug-likeness (QED) is 0.899. The summed E-state index contributed by atoms with van der Waals surface area (Å²) in [6.45, 7) is 0.351. The highest BCUT2D eigenvalue weighted by atomic mass is 32.2. The fraction of sp³-hybridized carbons (Fsp3) is 0.231. The molecule has 0 aliphatic heterocycles. The maximum absolute atomic E-state index is 12.8. The zero-order chi connectivity index (χ0) is 14.5. The molecule has 7 heteroatoms. The molecular weight excluding hydrogens is 281 g/mol. The van der Waals surface area contributed by atoms with Crippen molar-refractivity contribution in [3.05, 3.63) is 48.0 Å². The Balaban J connectivity index is 2.03. The van der Waals surface area contributed by atoms with Gasteiger partial charge in [0.1, 0.15) is 5.82 Å². The van der Waals surface area contributed by atoms with Crippen LogP contribution in [0.1, 0.15) is 10.4 Å². The molecular formula is C13H14FN3O2S. The Morgan fingerprint density at radius 2 is 2.10 bits per heavy atom. The number of carbonyl (C=O) groups is 1. The average molecular weight is 295 g/mol. The van der Waals surface area contributed by atoms with Crippen LogP contribution in [0.4, 0.5) is 4.39 Å². The smallest absolute Gasteiger partial charge is 0.254 e. The molecule has 1 heterocycles. The van der Waals surface area contributed by atoms with Crippen molar-refractivity contribution in [2.24, 2.45) is 0 Å². The van der Waals surface area contributed by atoms with E-state index in [0.29, 0.717) is 23.5 Å². The van der Waals surface area contributed by atoms with Crippen LogP contribution in [0.25, 0.3) is 5.69 Å². The molecule has 1 aromatic carbocycles. The van der Waals surface area contributed by atoms with Gasteiger partial charge in [0.2, 0.25) is 0 Å². The lowest BCUT2D eigenvalue weighted by Crippen LogP contribution is -2.27. The Bertz CT molecular complexity index is 625. The van der Waals surface area contributed by atoms with E-state index >= 15 is 0 Å². The molecule has 1 atom stereocenters. The number of halogens is 1.